The molecule has 2 aromatic rings. The van der Waals surface area contributed by atoms with Crippen molar-refractivity contribution in [1.29, 1.82) is 0 Å². The highest BCUT2D eigenvalue weighted by Crippen LogP contribution is 2.20. The number of aromatic nitrogens is 1. The summed E-state index contributed by atoms with van der Waals surface area (Å²) in [7, 11) is 0. The van der Waals surface area contributed by atoms with Crippen molar-refractivity contribution >= 4 is 28.4 Å². The molecule has 21 heavy (non-hydrogen) atoms. The number of hydrogen-bond donors (Lipinski definition) is 1. The highest BCUT2D eigenvalue weighted by atomic mass is 35.5. The fourth-order valence-electron chi connectivity index (χ4n) is 2.50. The molecule has 1 amide bonds. The maximum Gasteiger partial charge on any atom is 0.222 e. The van der Waals surface area contributed by atoms with Gasteiger partial charge in [0, 0.05) is 48.2 Å². The third-order valence-electron chi connectivity index (χ3n) is 3.63. The monoisotopic (exact) mass is 308 g/mol. The summed E-state index contributed by atoms with van der Waals surface area (Å²) < 4.78 is 2.14. The van der Waals surface area contributed by atoms with Crippen molar-refractivity contribution in [3.63, 3.8) is 0 Å². The second kappa shape index (κ2) is 7.48. The van der Waals surface area contributed by atoms with Crippen molar-refractivity contribution in [2.24, 2.45) is 0 Å². The lowest BCUT2D eigenvalue weighted by Crippen LogP contribution is -2.33. The van der Waals surface area contributed by atoms with Crippen molar-refractivity contribution in [1.82, 2.24) is 9.47 Å². The third-order valence-corrected chi connectivity index (χ3v) is 3.86. The van der Waals surface area contributed by atoms with Gasteiger partial charge in [-0.2, -0.15) is 0 Å². The summed E-state index contributed by atoms with van der Waals surface area (Å²) in [6.07, 6.45) is 3.31. The molecule has 4 nitrogen and oxygen atoms in total. The molecule has 0 bridgehead atoms. The summed E-state index contributed by atoms with van der Waals surface area (Å²) in [6.45, 7) is 3.80. The lowest BCUT2D eigenvalue weighted by Gasteiger charge is -2.19. The lowest BCUT2D eigenvalue weighted by molar-refractivity contribution is -0.131. The molecule has 0 aliphatic heterocycles. The van der Waals surface area contributed by atoms with Gasteiger partial charge in [0.15, 0.2) is 0 Å². The number of halogens is 1. The molecule has 0 atom stereocenters. The molecule has 0 fully saturated rings. The Kier molecular flexibility index (Phi) is 5.65. The highest BCUT2D eigenvalue weighted by molar-refractivity contribution is 6.31. The molecular formula is C16H21ClN2O2. The number of rotatable bonds is 7. The lowest BCUT2D eigenvalue weighted by atomic mass is 10.2. The van der Waals surface area contributed by atoms with Crippen LogP contribution in [0.25, 0.3) is 10.9 Å². The Balaban J connectivity index is 1.92. The molecule has 0 aliphatic carbocycles. The number of hydrogen-bond acceptors (Lipinski definition) is 2. The normalized spacial score (nSPS) is 11.0. The molecule has 114 valence electrons. The Bertz CT molecular complexity index is 609. The molecule has 1 N–H and O–H groups in total. The van der Waals surface area contributed by atoms with Crippen LogP contribution in [-0.4, -0.2) is 40.2 Å². The number of carbonyl (C=O) groups excluding carboxylic acids is 1. The fourth-order valence-corrected chi connectivity index (χ4v) is 2.69. The Labute approximate surface area is 129 Å². The topological polar surface area (TPSA) is 45.5 Å². The van der Waals surface area contributed by atoms with Crippen LogP contribution in [0.3, 0.4) is 0 Å². The zero-order chi connectivity index (χ0) is 15.2. The quantitative estimate of drug-likeness (QED) is 0.855. The van der Waals surface area contributed by atoms with Crippen LogP contribution in [-0.2, 0) is 11.3 Å². The molecule has 0 radical (unpaired) electrons. The number of amides is 1. The average Bonchev–Trinajstić information content (AvgIpc) is 2.86. The first-order chi connectivity index (χ1) is 10.2. The summed E-state index contributed by atoms with van der Waals surface area (Å²) in [5, 5.41) is 10.8. The van der Waals surface area contributed by atoms with Crippen molar-refractivity contribution in [2.45, 2.75) is 26.3 Å². The first-order valence-corrected chi connectivity index (χ1v) is 7.66. The Morgan fingerprint density at radius 2 is 2.19 bits per heavy atom. The number of aliphatic hydroxyl groups is 1. The van der Waals surface area contributed by atoms with Gasteiger partial charge < -0.3 is 14.6 Å². The van der Waals surface area contributed by atoms with E-state index in [2.05, 4.69) is 4.57 Å². The molecular weight excluding hydrogens is 288 g/mol. The number of nitrogens with zero attached hydrogens (tertiary/aromatic N) is 2. The predicted octanol–water partition coefficient (Wildman–Crippen LogP) is 2.92. The molecule has 0 aliphatic rings. The minimum absolute atomic E-state index is 0.0164. The molecule has 1 heterocycles. The van der Waals surface area contributed by atoms with Gasteiger partial charge in [-0.05, 0) is 37.6 Å². The summed E-state index contributed by atoms with van der Waals surface area (Å²) in [6, 6.07) is 7.86. The summed E-state index contributed by atoms with van der Waals surface area (Å²) in [5.74, 6) is 0.103. The molecule has 5 heteroatoms. The van der Waals surface area contributed by atoms with Gasteiger partial charge >= 0.3 is 0 Å². The van der Waals surface area contributed by atoms with E-state index in [1.807, 2.05) is 37.4 Å². The van der Waals surface area contributed by atoms with Crippen LogP contribution in [0.15, 0.2) is 30.5 Å². The van der Waals surface area contributed by atoms with E-state index in [0.717, 1.165) is 28.9 Å². The molecule has 1 aromatic carbocycles. The van der Waals surface area contributed by atoms with Gasteiger partial charge in [0.2, 0.25) is 5.91 Å². The van der Waals surface area contributed by atoms with Crippen LogP contribution in [0, 0.1) is 0 Å². The minimum Gasteiger partial charge on any atom is -0.395 e. The molecule has 2 rings (SSSR count). The van der Waals surface area contributed by atoms with Crippen LogP contribution in [0.5, 0.6) is 0 Å². The minimum atomic E-state index is 0.0164. The molecule has 0 spiro atoms. The van der Waals surface area contributed by atoms with E-state index in [1.54, 1.807) is 4.90 Å². The van der Waals surface area contributed by atoms with Gasteiger partial charge in [-0.1, -0.05) is 11.6 Å². The second-order valence-electron chi connectivity index (χ2n) is 5.01. The maximum absolute atomic E-state index is 12.0. The van der Waals surface area contributed by atoms with E-state index >= 15 is 0 Å². The Morgan fingerprint density at radius 3 is 2.90 bits per heavy atom. The van der Waals surface area contributed by atoms with Gasteiger partial charge in [0.1, 0.15) is 0 Å². The van der Waals surface area contributed by atoms with E-state index in [0.29, 0.717) is 19.5 Å². The number of carbonyl (C=O) groups is 1. The molecule has 0 saturated heterocycles. The number of likely N-dealkylation sites (N-methyl/N-ethyl adjacent to an activating group) is 1. The average molecular weight is 309 g/mol. The Morgan fingerprint density at radius 1 is 1.38 bits per heavy atom. The fraction of sp³-hybridized carbons (Fsp3) is 0.438. The maximum atomic E-state index is 12.0. The van der Waals surface area contributed by atoms with Crippen molar-refractivity contribution in [3.05, 3.63) is 35.5 Å². The van der Waals surface area contributed by atoms with Gasteiger partial charge in [0.25, 0.3) is 0 Å². The largest absolute Gasteiger partial charge is 0.395 e. The van der Waals surface area contributed by atoms with Gasteiger partial charge in [-0.3, -0.25) is 4.79 Å². The third kappa shape index (κ3) is 3.99. The number of benzene rings is 1. The highest BCUT2D eigenvalue weighted by Gasteiger charge is 2.10. The zero-order valence-electron chi connectivity index (χ0n) is 12.3. The number of aryl methyl sites for hydroxylation is 1. The first kappa shape index (κ1) is 15.9. The van der Waals surface area contributed by atoms with Crippen molar-refractivity contribution in [3.8, 4) is 0 Å². The molecule has 0 unspecified atom stereocenters. The van der Waals surface area contributed by atoms with Crippen LogP contribution >= 0.6 is 11.6 Å². The SMILES string of the molecule is CCN(CCO)C(=O)CCCn1ccc2cc(Cl)ccc21. The summed E-state index contributed by atoms with van der Waals surface area (Å²) in [4.78, 5) is 13.7. The zero-order valence-corrected chi connectivity index (χ0v) is 13.0. The van der Waals surface area contributed by atoms with E-state index in [4.69, 9.17) is 16.7 Å². The van der Waals surface area contributed by atoms with Crippen LogP contribution in [0.1, 0.15) is 19.8 Å². The van der Waals surface area contributed by atoms with E-state index in [1.165, 1.54) is 0 Å². The number of fused-ring (bicyclic) bond motifs is 1. The van der Waals surface area contributed by atoms with Crippen LogP contribution in [0.2, 0.25) is 5.02 Å². The Hall–Kier alpha value is -1.52. The van der Waals surface area contributed by atoms with Gasteiger partial charge in [-0.25, -0.2) is 0 Å². The number of aliphatic hydroxyl groups excluding tert-OH is 1. The molecule has 1 aromatic heterocycles. The van der Waals surface area contributed by atoms with Crippen molar-refractivity contribution < 1.29 is 9.90 Å². The summed E-state index contributed by atoms with van der Waals surface area (Å²) >= 11 is 5.97. The van der Waals surface area contributed by atoms with Crippen LogP contribution in [0.4, 0.5) is 0 Å². The summed E-state index contributed by atoms with van der Waals surface area (Å²) in [5.41, 5.74) is 1.13. The van der Waals surface area contributed by atoms with E-state index in [-0.39, 0.29) is 12.5 Å². The van der Waals surface area contributed by atoms with Crippen LogP contribution < -0.4 is 0 Å². The first-order valence-electron chi connectivity index (χ1n) is 7.28. The van der Waals surface area contributed by atoms with Crippen molar-refractivity contribution in [2.75, 3.05) is 19.7 Å². The second-order valence-corrected chi connectivity index (χ2v) is 5.45. The smallest absolute Gasteiger partial charge is 0.222 e. The van der Waals surface area contributed by atoms with Gasteiger partial charge in [0.05, 0.1) is 6.61 Å². The standard InChI is InChI=1S/C16H21ClN2O2/c1-2-18(10-11-20)16(21)4-3-8-19-9-7-13-12-14(17)5-6-15(13)19/h5-7,9,12,20H,2-4,8,10-11H2,1H3. The van der Waals surface area contributed by atoms with Gasteiger partial charge in [-0.15, -0.1) is 0 Å². The predicted molar refractivity (Wildman–Crippen MR) is 85.5 cm³/mol. The van der Waals surface area contributed by atoms with E-state index in [9.17, 15) is 4.79 Å². The molecule has 0 saturated carbocycles. The van der Waals surface area contributed by atoms with E-state index < -0.39 is 0 Å².